The SMILES string of the molecule is [B]C(Nc1cc(Cl)c2ncc(C#N)c(NCC(C)(C)C)c2c1)(C1=CN(C2CC2)NN1)c1ccccc1Cl. The molecule has 1 atom stereocenters. The minimum Gasteiger partial charge on any atom is -0.383 e. The molecule has 2 aliphatic rings. The Morgan fingerprint density at radius 1 is 1.19 bits per heavy atom. The topological polar surface area (TPSA) is 88.0 Å². The van der Waals surface area contributed by atoms with Crippen LogP contribution in [0.5, 0.6) is 0 Å². The van der Waals surface area contributed by atoms with Gasteiger partial charge in [0.2, 0.25) is 0 Å². The van der Waals surface area contributed by atoms with E-state index in [1.54, 1.807) is 12.3 Å². The summed E-state index contributed by atoms with van der Waals surface area (Å²) in [6.07, 6.45) is 5.76. The van der Waals surface area contributed by atoms with Crippen LogP contribution < -0.4 is 21.6 Å². The van der Waals surface area contributed by atoms with Crippen LogP contribution in [0.2, 0.25) is 10.0 Å². The molecule has 1 saturated carbocycles. The number of nitrogens with zero attached hydrogens (tertiary/aromatic N) is 3. The summed E-state index contributed by atoms with van der Waals surface area (Å²) in [5, 5.41) is 20.4. The summed E-state index contributed by atoms with van der Waals surface area (Å²) in [5.41, 5.74) is 8.99. The third kappa shape index (κ3) is 5.17. The summed E-state index contributed by atoms with van der Waals surface area (Å²) in [7, 11) is 7.12. The van der Waals surface area contributed by atoms with Gasteiger partial charge < -0.3 is 16.1 Å². The minimum absolute atomic E-state index is 0.000502. The van der Waals surface area contributed by atoms with E-state index in [9.17, 15) is 5.26 Å². The summed E-state index contributed by atoms with van der Waals surface area (Å²) < 4.78 is 0. The summed E-state index contributed by atoms with van der Waals surface area (Å²) in [4.78, 5) is 4.47. The number of anilines is 2. The Bertz CT molecular complexity index is 1420. The second-order valence-electron chi connectivity index (χ2n) is 10.8. The smallest absolute Gasteiger partial charge is 0.119 e. The average Bonchev–Trinajstić information content (AvgIpc) is 3.57. The Balaban J connectivity index is 1.61. The van der Waals surface area contributed by atoms with Gasteiger partial charge >= 0.3 is 0 Å². The number of nitrogens with one attached hydrogen (secondary N) is 4. The lowest BCUT2D eigenvalue weighted by Gasteiger charge is -2.35. The Labute approximate surface area is 228 Å². The summed E-state index contributed by atoms with van der Waals surface area (Å²) >= 11 is 13.4. The van der Waals surface area contributed by atoms with Crippen molar-refractivity contribution in [3.63, 3.8) is 0 Å². The first-order valence-electron chi connectivity index (χ1n) is 12.2. The van der Waals surface area contributed by atoms with E-state index >= 15 is 0 Å². The molecule has 5 rings (SSSR count). The molecule has 4 N–H and O–H groups in total. The highest BCUT2D eigenvalue weighted by Gasteiger charge is 2.38. The van der Waals surface area contributed by atoms with E-state index in [-0.39, 0.29) is 5.41 Å². The molecular weight excluding hydrogens is 504 g/mol. The fourth-order valence-electron chi connectivity index (χ4n) is 4.33. The second-order valence-corrected chi connectivity index (χ2v) is 11.6. The minimum atomic E-state index is -1.22. The zero-order valence-electron chi connectivity index (χ0n) is 21.0. The van der Waals surface area contributed by atoms with Gasteiger partial charge in [0.15, 0.2) is 0 Å². The van der Waals surface area contributed by atoms with E-state index in [1.165, 1.54) is 0 Å². The highest BCUT2D eigenvalue weighted by Crippen LogP contribution is 2.39. The van der Waals surface area contributed by atoms with Crippen LogP contribution in [0.3, 0.4) is 0 Å². The number of aromatic nitrogens is 1. The van der Waals surface area contributed by atoms with Crippen molar-refractivity contribution in [3.8, 4) is 6.07 Å². The van der Waals surface area contributed by atoms with Gasteiger partial charge in [-0.1, -0.05) is 62.2 Å². The van der Waals surface area contributed by atoms with Gasteiger partial charge in [-0.3, -0.25) is 9.99 Å². The number of pyridine rings is 1. The predicted molar refractivity (Wildman–Crippen MR) is 151 cm³/mol. The van der Waals surface area contributed by atoms with Crippen LogP contribution >= 0.6 is 23.2 Å². The van der Waals surface area contributed by atoms with Crippen molar-refractivity contribution in [1.29, 1.82) is 5.26 Å². The van der Waals surface area contributed by atoms with Crippen molar-refractivity contribution in [3.05, 3.63) is 75.7 Å². The zero-order valence-corrected chi connectivity index (χ0v) is 22.5. The molecule has 10 heteroatoms. The molecule has 0 spiro atoms. The fraction of sp³-hybridized carbons (Fsp3) is 0.333. The van der Waals surface area contributed by atoms with Crippen LogP contribution in [0.15, 0.2) is 54.5 Å². The monoisotopic (exact) mass is 531 g/mol. The van der Waals surface area contributed by atoms with E-state index < -0.39 is 5.44 Å². The first-order valence-corrected chi connectivity index (χ1v) is 13.0. The van der Waals surface area contributed by atoms with Gasteiger partial charge in [0, 0.05) is 41.1 Å². The normalized spacial score (nSPS) is 17.1. The Morgan fingerprint density at radius 2 is 1.95 bits per heavy atom. The van der Waals surface area contributed by atoms with Crippen LogP contribution in [0.25, 0.3) is 10.9 Å². The highest BCUT2D eigenvalue weighted by molar-refractivity contribution is 6.36. The van der Waals surface area contributed by atoms with Crippen molar-refractivity contribution in [2.45, 2.75) is 45.1 Å². The largest absolute Gasteiger partial charge is 0.383 e. The number of hydrazine groups is 2. The van der Waals surface area contributed by atoms with Gasteiger partial charge in [-0.15, -0.1) is 5.53 Å². The average molecular weight is 532 g/mol. The second kappa shape index (κ2) is 9.64. The first kappa shape index (κ1) is 25.5. The third-order valence-electron chi connectivity index (χ3n) is 6.43. The highest BCUT2D eigenvalue weighted by atomic mass is 35.5. The Morgan fingerprint density at radius 3 is 2.62 bits per heavy atom. The molecule has 1 aliphatic heterocycles. The number of nitriles is 1. The lowest BCUT2D eigenvalue weighted by molar-refractivity contribution is 0.260. The molecule has 0 bridgehead atoms. The molecule has 0 saturated heterocycles. The van der Waals surface area contributed by atoms with Crippen LogP contribution in [0.4, 0.5) is 11.4 Å². The number of benzene rings is 2. The molecule has 7 nitrogen and oxygen atoms in total. The Hall–Kier alpha value is -3.12. The van der Waals surface area contributed by atoms with Crippen LogP contribution in [-0.4, -0.2) is 30.4 Å². The van der Waals surface area contributed by atoms with Crippen LogP contribution in [-0.2, 0) is 5.44 Å². The van der Waals surface area contributed by atoms with E-state index in [2.05, 4.69) is 53.4 Å². The summed E-state index contributed by atoms with van der Waals surface area (Å²) in [5.74, 6) is 0. The van der Waals surface area contributed by atoms with Gasteiger partial charge in [0.1, 0.15) is 13.9 Å². The van der Waals surface area contributed by atoms with Crippen LogP contribution in [0, 0.1) is 16.7 Å². The zero-order chi connectivity index (χ0) is 26.4. The maximum absolute atomic E-state index is 9.79. The van der Waals surface area contributed by atoms with Crippen molar-refractivity contribution >= 4 is 53.3 Å². The summed E-state index contributed by atoms with van der Waals surface area (Å²) in [6, 6.07) is 13.9. The number of halogens is 2. The van der Waals surface area contributed by atoms with E-state index in [4.69, 9.17) is 31.0 Å². The lowest BCUT2D eigenvalue weighted by atomic mass is 9.69. The number of fused-ring (bicyclic) bond motifs is 1. The van der Waals surface area contributed by atoms with Crippen molar-refractivity contribution < 1.29 is 0 Å². The molecule has 2 aromatic carbocycles. The maximum Gasteiger partial charge on any atom is 0.119 e. The molecular formula is C27H28BCl2N7. The maximum atomic E-state index is 9.79. The van der Waals surface area contributed by atoms with Gasteiger partial charge in [-0.2, -0.15) is 5.26 Å². The van der Waals surface area contributed by atoms with Crippen molar-refractivity contribution in [1.82, 2.24) is 21.0 Å². The standard InChI is InChI=1S/C27H28BCl2N7/c1-26(2,3)15-33-24-16(12-31)13-32-25-19(24)10-17(11-22(25)30)34-27(28,20-6-4-5-7-21(20)29)23-14-37(36-35-23)18-8-9-18/h4-7,10-11,13-14,18,34-36H,8-9,15H2,1-3H3,(H,32,33). The van der Waals surface area contributed by atoms with Gasteiger partial charge in [0.25, 0.3) is 0 Å². The van der Waals surface area contributed by atoms with E-state index in [0.29, 0.717) is 56.3 Å². The lowest BCUT2D eigenvalue weighted by Crippen LogP contribution is -2.45. The number of rotatable bonds is 7. The van der Waals surface area contributed by atoms with Crippen LogP contribution in [0.1, 0.15) is 44.7 Å². The summed E-state index contributed by atoms with van der Waals surface area (Å²) in [6.45, 7) is 7.05. The quantitative estimate of drug-likeness (QED) is 0.294. The predicted octanol–water partition coefficient (Wildman–Crippen LogP) is 5.63. The molecule has 2 radical (unpaired) electrons. The first-order chi connectivity index (χ1) is 17.6. The Kier molecular flexibility index (Phi) is 6.65. The molecule has 1 fully saturated rings. The third-order valence-corrected chi connectivity index (χ3v) is 7.05. The van der Waals surface area contributed by atoms with Crippen molar-refractivity contribution in [2.24, 2.45) is 5.41 Å². The van der Waals surface area contributed by atoms with Crippen molar-refractivity contribution in [2.75, 3.05) is 17.2 Å². The molecule has 0 amide bonds. The number of hydrogen-bond acceptors (Lipinski definition) is 7. The molecule has 1 aliphatic carbocycles. The fourth-order valence-corrected chi connectivity index (χ4v) is 4.88. The molecule has 37 heavy (non-hydrogen) atoms. The van der Waals surface area contributed by atoms with E-state index in [0.717, 1.165) is 18.2 Å². The number of hydrogen-bond donors (Lipinski definition) is 4. The molecule has 2 heterocycles. The molecule has 1 aromatic heterocycles. The van der Waals surface area contributed by atoms with Gasteiger partial charge in [0.05, 0.1) is 32.9 Å². The van der Waals surface area contributed by atoms with Gasteiger partial charge in [-0.05, 0) is 42.0 Å². The van der Waals surface area contributed by atoms with Gasteiger partial charge in [-0.25, -0.2) is 0 Å². The molecule has 3 aromatic rings. The van der Waals surface area contributed by atoms with E-state index in [1.807, 2.05) is 41.5 Å². The molecule has 188 valence electrons. The molecule has 1 unspecified atom stereocenters.